The number of nitro benzene ring substituents is 3. The van der Waals surface area contributed by atoms with Gasteiger partial charge in [-0.1, -0.05) is 0 Å². The summed E-state index contributed by atoms with van der Waals surface area (Å²) in [6.07, 6.45) is 1.30. The van der Waals surface area contributed by atoms with Crippen LogP contribution in [0.3, 0.4) is 0 Å². The number of hydrogen-bond acceptors (Lipinski definition) is 10. The first-order valence-corrected chi connectivity index (χ1v) is 6.70. The molecule has 1 aromatic carbocycles. The summed E-state index contributed by atoms with van der Waals surface area (Å²) in [5, 5.41) is 60.3. The van der Waals surface area contributed by atoms with Crippen LogP contribution in [0.5, 0.6) is 11.5 Å². The standard InChI is InChI=1S/C7H7NO2.C6H3N3O8/c1-6(9)7-4-2-3-5-8(7)10;10-5-2(7(12)13)1-3(8(14)15)6(11)4(5)9(16)17/h2-5H,1H3;1,10-11H. The number of aromatic nitrogens is 1. The van der Waals surface area contributed by atoms with Gasteiger partial charge < -0.3 is 15.4 Å². The molecule has 2 rings (SSSR count). The number of phenolic OH excluding ortho intramolecular Hbond substituents is 2. The summed E-state index contributed by atoms with van der Waals surface area (Å²) in [4.78, 5) is 38.0. The second-order valence-electron chi connectivity index (χ2n) is 4.70. The van der Waals surface area contributed by atoms with Crippen molar-refractivity contribution in [3.8, 4) is 11.5 Å². The van der Waals surface area contributed by atoms with Crippen molar-refractivity contribution in [3.05, 3.63) is 71.7 Å². The third kappa shape index (κ3) is 4.59. The number of nitro groups is 3. The maximum absolute atomic E-state index is 10.8. The number of aromatic hydroxyl groups is 2. The number of benzene rings is 1. The predicted octanol–water partition coefficient (Wildman–Crippen LogP) is 1.34. The number of carbonyl (C=O) groups is 1. The van der Waals surface area contributed by atoms with E-state index in [1.54, 1.807) is 12.1 Å². The number of Topliss-reactive ketones (excluding diaryl/α,β-unsaturated/α-hetero) is 1. The van der Waals surface area contributed by atoms with Gasteiger partial charge in [-0.05, 0) is 6.07 Å². The summed E-state index contributed by atoms with van der Waals surface area (Å²) < 4.78 is 0.558. The van der Waals surface area contributed by atoms with Crippen LogP contribution in [0.2, 0.25) is 0 Å². The molecular formula is C13H10N4O10. The predicted molar refractivity (Wildman–Crippen MR) is 85.1 cm³/mol. The molecule has 0 radical (unpaired) electrons. The quantitative estimate of drug-likeness (QED) is 0.254. The highest BCUT2D eigenvalue weighted by Crippen LogP contribution is 2.47. The minimum Gasteiger partial charge on any atom is -0.618 e. The Labute approximate surface area is 148 Å². The van der Waals surface area contributed by atoms with E-state index in [2.05, 4.69) is 0 Å². The molecule has 1 heterocycles. The van der Waals surface area contributed by atoms with E-state index >= 15 is 0 Å². The maximum atomic E-state index is 10.8. The van der Waals surface area contributed by atoms with Gasteiger partial charge in [0.05, 0.1) is 14.8 Å². The molecule has 0 aliphatic carbocycles. The Kier molecular flexibility index (Phi) is 6.24. The molecule has 27 heavy (non-hydrogen) atoms. The minimum absolute atomic E-state index is 0.183. The van der Waals surface area contributed by atoms with Crippen molar-refractivity contribution >= 4 is 22.8 Å². The fraction of sp³-hybridized carbons (Fsp3) is 0.0769. The molecule has 0 unspecified atom stereocenters. The van der Waals surface area contributed by atoms with Gasteiger partial charge in [0.15, 0.2) is 6.20 Å². The van der Waals surface area contributed by atoms with E-state index in [-0.39, 0.29) is 17.5 Å². The third-order valence-corrected chi connectivity index (χ3v) is 2.97. The second-order valence-corrected chi connectivity index (χ2v) is 4.70. The lowest BCUT2D eigenvalue weighted by molar-refractivity contribution is -0.607. The number of hydrogen-bond donors (Lipinski definition) is 2. The van der Waals surface area contributed by atoms with Gasteiger partial charge in [0.25, 0.3) is 17.2 Å². The van der Waals surface area contributed by atoms with Gasteiger partial charge in [-0.2, -0.15) is 4.73 Å². The Hall–Kier alpha value is -4.36. The lowest BCUT2D eigenvalue weighted by Gasteiger charge is -2.00. The van der Waals surface area contributed by atoms with Crippen LogP contribution in [-0.4, -0.2) is 30.8 Å². The van der Waals surface area contributed by atoms with E-state index in [4.69, 9.17) is 10.2 Å². The highest BCUT2D eigenvalue weighted by atomic mass is 16.6. The Morgan fingerprint density at radius 2 is 1.44 bits per heavy atom. The van der Waals surface area contributed by atoms with E-state index in [0.717, 1.165) is 0 Å². The Morgan fingerprint density at radius 3 is 1.74 bits per heavy atom. The SMILES string of the molecule is CC(=O)c1cccc[n+]1[O-].O=[N+]([O-])c1cc([N+](=O)[O-])c(O)c([N+](=O)[O-])c1O. The van der Waals surface area contributed by atoms with Crippen molar-refractivity contribution < 1.29 is 34.5 Å². The zero-order valence-electron chi connectivity index (χ0n) is 13.3. The molecule has 0 saturated carbocycles. The Balaban J connectivity index is 0.000000309. The summed E-state index contributed by atoms with van der Waals surface area (Å²) in [5.74, 6) is -3.10. The summed E-state index contributed by atoms with van der Waals surface area (Å²) in [7, 11) is 0. The number of rotatable bonds is 4. The smallest absolute Gasteiger partial charge is 0.366 e. The molecule has 0 aliphatic rings. The molecule has 14 nitrogen and oxygen atoms in total. The van der Waals surface area contributed by atoms with E-state index in [1.165, 1.54) is 19.2 Å². The summed E-state index contributed by atoms with van der Waals surface area (Å²) in [6, 6.07) is 4.97. The lowest BCUT2D eigenvalue weighted by Crippen LogP contribution is -2.32. The number of ketones is 1. The number of nitrogens with zero attached hydrogens (tertiary/aromatic N) is 4. The molecule has 0 fully saturated rings. The number of phenols is 2. The Morgan fingerprint density at radius 1 is 0.963 bits per heavy atom. The van der Waals surface area contributed by atoms with Crippen LogP contribution in [0.4, 0.5) is 17.1 Å². The van der Waals surface area contributed by atoms with Gasteiger partial charge in [0.2, 0.25) is 5.78 Å². The van der Waals surface area contributed by atoms with Crippen molar-refractivity contribution in [1.82, 2.24) is 0 Å². The van der Waals surface area contributed by atoms with Crippen LogP contribution >= 0.6 is 0 Å². The van der Waals surface area contributed by atoms with Crippen LogP contribution in [0.15, 0.2) is 30.5 Å². The van der Waals surface area contributed by atoms with E-state index in [9.17, 15) is 40.3 Å². The molecule has 2 N–H and O–H groups in total. The fourth-order valence-corrected chi connectivity index (χ4v) is 1.77. The molecule has 0 aliphatic heterocycles. The first kappa shape index (κ1) is 20.7. The van der Waals surface area contributed by atoms with Crippen molar-refractivity contribution in [3.63, 3.8) is 0 Å². The van der Waals surface area contributed by atoms with Crippen LogP contribution in [0, 0.1) is 35.6 Å². The van der Waals surface area contributed by atoms with E-state index in [0.29, 0.717) is 4.73 Å². The summed E-state index contributed by atoms with van der Waals surface area (Å²) in [5.41, 5.74) is -3.77. The average molecular weight is 382 g/mol. The maximum Gasteiger partial charge on any atom is 0.366 e. The van der Waals surface area contributed by atoms with Crippen LogP contribution in [0.25, 0.3) is 0 Å². The lowest BCUT2D eigenvalue weighted by atomic mass is 10.2. The van der Waals surface area contributed by atoms with Gasteiger partial charge >= 0.3 is 17.1 Å². The number of carbonyl (C=O) groups excluding carboxylic acids is 1. The summed E-state index contributed by atoms with van der Waals surface area (Å²) >= 11 is 0. The van der Waals surface area contributed by atoms with Crippen molar-refractivity contribution in [2.45, 2.75) is 6.92 Å². The molecule has 0 spiro atoms. The van der Waals surface area contributed by atoms with Gasteiger partial charge in [-0.25, -0.2) is 0 Å². The molecular weight excluding hydrogens is 372 g/mol. The highest BCUT2D eigenvalue weighted by molar-refractivity contribution is 5.90. The molecule has 142 valence electrons. The molecule has 0 atom stereocenters. The first-order valence-electron chi connectivity index (χ1n) is 6.70. The minimum atomic E-state index is -1.48. The topological polar surface area (TPSA) is 214 Å². The van der Waals surface area contributed by atoms with Crippen molar-refractivity contribution in [2.24, 2.45) is 0 Å². The number of pyridine rings is 1. The fourth-order valence-electron chi connectivity index (χ4n) is 1.77. The van der Waals surface area contributed by atoms with E-state index in [1.807, 2.05) is 0 Å². The van der Waals surface area contributed by atoms with Crippen molar-refractivity contribution in [2.75, 3.05) is 0 Å². The monoisotopic (exact) mass is 382 g/mol. The van der Waals surface area contributed by atoms with Gasteiger partial charge in [0.1, 0.15) is 6.07 Å². The normalized spacial score (nSPS) is 9.67. The van der Waals surface area contributed by atoms with Crippen LogP contribution in [0.1, 0.15) is 17.4 Å². The molecule has 0 saturated heterocycles. The third-order valence-electron chi connectivity index (χ3n) is 2.97. The van der Waals surface area contributed by atoms with Gasteiger partial charge in [-0.15, -0.1) is 0 Å². The highest BCUT2D eigenvalue weighted by Gasteiger charge is 2.37. The van der Waals surface area contributed by atoms with Crippen LogP contribution in [-0.2, 0) is 0 Å². The van der Waals surface area contributed by atoms with Gasteiger partial charge in [-0.3, -0.25) is 35.1 Å². The van der Waals surface area contributed by atoms with E-state index < -0.39 is 43.3 Å². The molecule has 1 aromatic heterocycles. The largest absolute Gasteiger partial charge is 0.618 e. The molecule has 0 bridgehead atoms. The Bertz CT molecular complexity index is 905. The molecule has 2 aromatic rings. The zero-order chi connectivity index (χ0) is 20.9. The first-order chi connectivity index (χ1) is 12.5. The summed E-state index contributed by atoms with van der Waals surface area (Å²) in [6.45, 7) is 1.36. The zero-order valence-corrected chi connectivity index (χ0v) is 13.3. The molecule has 14 heteroatoms. The molecule has 0 amide bonds. The average Bonchev–Trinajstić information content (AvgIpc) is 2.54. The van der Waals surface area contributed by atoms with Crippen molar-refractivity contribution in [1.29, 1.82) is 0 Å². The second kappa shape index (κ2) is 8.15. The van der Waals surface area contributed by atoms with Gasteiger partial charge in [0, 0.05) is 19.1 Å². The van der Waals surface area contributed by atoms with Crippen LogP contribution < -0.4 is 4.73 Å².